The van der Waals surface area contributed by atoms with Crippen LogP contribution < -0.4 is 11.5 Å². The van der Waals surface area contributed by atoms with Gasteiger partial charge in [0.2, 0.25) is 0 Å². The average Bonchev–Trinajstić information content (AvgIpc) is 2.16. The summed E-state index contributed by atoms with van der Waals surface area (Å²) in [5.74, 6) is -0.0494. The summed E-state index contributed by atoms with van der Waals surface area (Å²) in [5.41, 5.74) is 11.3. The highest BCUT2D eigenvalue weighted by Crippen LogP contribution is 2.19. The number of benzene rings is 1. The first-order valence-electron chi connectivity index (χ1n) is 4.89. The first kappa shape index (κ1) is 21.4. The molecule has 0 unspecified atom stereocenters. The van der Waals surface area contributed by atoms with Crippen molar-refractivity contribution < 1.29 is 31.0 Å². The molecule has 10 nitrogen and oxygen atoms in total. The predicted octanol–water partition coefficient (Wildman–Crippen LogP) is -0.734. The Hall–Kier alpha value is -1.89. The van der Waals surface area contributed by atoms with Crippen LogP contribution in [0.3, 0.4) is 0 Å². The monoisotopic (exact) mass is 343 g/mol. The maximum absolute atomic E-state index is 9.19. The summed E-state index contributed by atoms with van der Waals surface area (Å²) in [6.07, 6.45) is 1.43. The normalized spacial score (nSPS) is 10.5. The predicted molar refractivity (Wildman–Crippen MR) is 78.5 cm³/mol. The van der Waals surface area contributed by atoms with E-state index in [1.54, 1.807) is 0 Å². The summed E-state index contributed by atoms with van der Waals surface area (Å²) < 4.78 is 51.7. The lowest BCUT2D eigenvalue weighted by Gasteiger charge is -2.00. The Morgan fingerprint density at radius 1 is 1.10 bits per heavy atom. The maximum Gasteiger partial charge on any atom is 0.261 e. The lowest BCUT2D eigenvalue weighted by atomic mass is 10.2. The molecule has 1 rings (SSSR count). The molecule has 0 amide bonds. The number of hydrogen-bond donors (Lipinski definition) is 6. The molecule has 0 atom stereocenters. The van der Waals surface area contributed by atoms with E-state index in [2.05, 4.69) is 0 Å². The molecule has 0 aromatic heterocycles. The minimum Gasteiger partial charge on any atom is -0.506 e. The second-order valence-electron chi connectivity index (χ2n) is 3.65. The van der Waals surface area contributed by atoms with Gasteiger partial charge in [-0.3, -0.25) is 14.5 Å². The van der Waals surface area contributed by atoms with E-state index in [1.165, 1.54) is 18.2 Å². The Morgan fingerprint density at radius 2 is 1.43 bits per heavy atom. The van der Waals surface area contributed by atoms with E-state index in [0.717, 1.165) is 0 Å². The summed E-state index contributed by atoms with van der Waals surface area (Å²) >= 11 is 0. The van der Waals surface area contributed by atoms with E-state index >= 15 is 0 Å². The van der Waals surface area contributed by atoms with E-state index in [9.17, 15) is 16.8 Å². The highest BCUT2D eigenvalue weighted by molar-refractivity contribution is 7.85. The average molecular weight is 343 g/mol. The number of nitrogen functional groups attached to an aromatic ring is 2. The van der Waals surface area contributed by atoms with Crippen LogP contribution in [0.1, 0.15) is 5.56 Å². The zero-order valence-electron chi connectivity index (χ0n) is 11.2. The lowest BCUT2D eigenvalue weighted by molar-refractivity contribution is 0.478. The highest BCUT2D eigenvalue weighted by atomic mass is 32.2. The van der Waals surface area contributed by atoms with Crippen LogP contribution in [0.2, 0.25) is 0 Å². The highest BCUT2D eigenvalue weighted by Gasteiger charge is 1.99. The van der Waals surface area contributed by atoms with E-state index in [0.29, 0.717) is 18.1 Å². The summed E-state index contributed by atoms with van der Waals surface area (Å²) in [5, 5.41) is 16.0. The topological polar surface area (TPSA) is 205 Å². The molecule has 12 heteroatoms. The van der Waals surface area contributed by atoms with Crippen molar-refractivity contribution in [2.45, 2.75) is 0 Å². The number of nitrogens with two attached hydrogens (primary N) is 2. The van der Waals surface area contributed by atoms with Crippen LogP contribution >= 0.6 is 0 Å². The van der Waals surface area contributed by atoms with Gasteiger partial charge in [0.05, 0.1) is 18.2 Å². The zero-order chi connectivity index (χ0) is 17.4. The van der Waals surface area contributed by atoms with Gasteiger partial charge < -0.3 is 16.6 Å². The molecule has 0 saturated heterocycles. The zero-order valence-corrected chi connectivity index (χ0v) is 12.8. The number of phenols is 1. The Balaban J connectivity index is 0. The lowest BCUT2D eigenvalue weighted by Crippen LogP contribution is -2.10. The molecular formula is C9H17N3O7S2. The van der Waals surface area contributed by atoms with E-state index < -0.39 is 20.2 Å². The van der Waals surface area contributed by atoms with Gasteiger partial charge in [0.15, 0.2) is 0 Å². The first-order valence-corrected chi connectivity index (χ1v) is 8.58. The van der Waals surface area contributed by atoms with E-state index in [-0.39, 0.29) is 17.3 Å². The second kappa shape index (κ2) is 8.41. The van der Waals surface area contributed by atoms with Gasteiger partial charge in [0, 0.05) is 5.56 Å². The number of amidine groups is 1. The fraction of sp³-hybridized carbons (Fsp3) is 0.222. The van der Waals surface area contributed by atoms with Crippen LogP contribution in [-0.2, 0) is 20.2 Å². The molecule has 8 N–H and O–H groups in total. The third-order valence-corrected chi connectivity index (χ3v) is 1.34. The Morgan fingerprint density at radius 3 is 1.67 bits per heavy atom. The Labute approximate surface area is 122 Å². The molecular weight excluding hydrogens is 326 g/mol. The smallest absolute Gasteiger partial charge is 0.261 e. The molecule has 0 aliphatic heterocycles. The van der Waals surface area contributed by atoms with Gasteiger partial charge in [-0.15, -0.1) is 0 Å². The fourth-order valence-corrected chi connectivity index (χ4v) is 0.722. The summed E-state index contributed by atoms with van der Waals surface area (Å²) in [4.78, 5) is 0. The van der Waals surface area contributed by atoms with Gasteiger partial charge in [0.1, 0.15) is 11.6 Å². The molecule has 0 radical (unpaired) electrons. The molecule has 0 saturated carbocycles. The van der Waals surface area contributed by atoms with Crippen LogP contribution in [0.15, 0.2) is 18.2 Å². The number of phenolic OH excluding ortho intramolecular Hbond substituents is 1. The maximum atomic E-state index is 9.19. The fourth-order valence-electron chi connectivity index (χ4n) is 0.722. The van der Waals surface area contributed by atoms with Gasteiger partial charge in [-0.05, 0) is 18.2 Å². The minimum absolute atomic E-state index is 0.00926. The standard InChI is InChI=1S/C7H9N3O.2CH4O3S/c8-5-3-4(7(9)10)1-2-6(5)11;2*1-5(2,3)4/h1-3,11H,8H2,(H3,9,10);2*1H3,(H,2,3,4). The van der Waals surface area contributed by atoms with Gasteiger partial charge in [-0.2, -0.15) is 16.8 Å². The van der Waals surface area contributed by atoms with Gasteiger partial charge in [-0.1, -0.05) is 0 Å². The second-order valence-corrected chi connectivity index (χ2v) is 6.59. The molecule has 0 aliphatic rings. The number of anilines is 1. The third-order valence-electron chi connectivity index (χ3n) is 1.34. The Bertz CT molecular complexity index is 637. The van der Waals surface area contributed by atoms with Crippen molar-refractivity contribution in [2.75, 3.05) is 18.2 Å². The van der Waals surface area contributed by atoms with Gasteiger partial charge in [0.25, 0.3) is 20.2 Å². The first-order chi connectivity index (χ1) is 9.11. The van der Waals surface area contributed by atoms with Crippen LogP contribution in [-0.4, -0.2) is 49.4 Å². The third kappa shape index (κ3) is 20.6. The van der Waals surface area contributed by atoms with Gasteiger partial charge >= 0.3 is 0 Å². The molecule has 0 aliphatic carbocycles. The SMILES string of the molecule is CS(=O)(=O)O.CS(=O)(=O)O.N=C(N)c1ccc(O)c(N)c1. The molecule has 0 fully saturated rings. The van der Waals surface area contributed by atoms with Crippen molar-refractivity contribution in [1.29, 1.82) is 5.41 Å². The summed E-state index contributed by atoms with van der Waals surface area (Å²) in [6, 6.07) is 4.40. The van der Waals surface area contributed by atoms with Crippen molar-refractivity contribution in [3.8, 4) is 5.75 Å². The van der Waals surface area contributed by atoms with Crippen molar-refractivity contribution >= 4 is 31.8 Å². The van der Waals surface area contributed by atoms with Crippen molar-refractivity contribution in [3.05, 3.63) is 23.8 Å². The van der Waals surface area contributed by atoms with Crippen molar-refractivity contribution in [1.82, 2.24) is 0 Å². The largest absolute Gasteiger partial charge is 0.506 e. The summed E-state index contributed by atoms with van der Waals surface area (Å²) in [6.45, 7) is 0. The number of nitrogens with one attached hydrogen (secondary N) is 1. The summed E-state index contributed by atoms with van der Waals surface area (Å²) in [7, 11) is -7.33. The molecule has 21 heavy (non-hydrogen) atoms. The van der Waals surface area contributed by atoms with Crippen LogP contribution in [0.4, 0.5) is 5.69 Å². The van der Waals surface area contributed by atoms with Crippen LogP contribution in [0.5, 0.6) is 5.75 Å². The molecule has 0 bridgehead atoms. The molecule has 122 valence electrons. The van der Waals surface area contributed by atoms with E-state index in [1.807, 2.05) is 0 Å². The van der Waals surface area contributed by atoms with Crippen molar-refractivity contribution in [3.63, 3.8) is 0 Å². The molecule has 1 aromatic rings. The Kier molecular flexibility index (Phi) is 8.57. The van der Waals surface area contributed by atoms with Crippen LogP contribution in [0.25, 0.3) is 0 Å². The quantitative estimate of drug-likeness (QED) is 0.125. The van der Waals surface area contributed by atoms with E-state index in [4.69, 9.17) is 31.1 Å². The molecule has 0 spiro atoms. The number of aromatic hydroxyl groups is 1. The van der Waals surface area contributed by atoms with Crippen molar-refractivity contribution in [2.24, 2.45) is 5.73 Å². The molecule has 1 aromatic carbocycles. The number of hydrogen-bond acceptors (Lipinski definition) is 7. The number of rotatable bonds is 1. The molecule has 0 heterocycles. The van der Waals surface area contributed by atoms with Gasteiger partial charge in [-0.25, -0.2) is 0 Å². The minimum atomic E-state index is -3.67. The van der Waals surface area contributed by atoms with Crippen LogP contribution in [0, 0.1) is 5.41 Å².